The van der Waals surface area contributed by atoms with Crippen LogP contribution in [-0.4, -0.2) is 18.5 Å². The Morgan fingerprint density at radius 2 is 1.91 bits per heavy atom. The van der Waals surface area contributed by atoms with E-state index in [-0.39, 0.29) is 17.4 Å². The van der Waals surface area contributed by atoms with E-state index in [1.54, 1.807) is 0 Å². The van der Waals surface area contributed by atoms with Crippen LogP contribution in [-0.2, 0) is 11.2 Å². The summed E-state index contributed by atoms with van der Waals surface area (Å²) in [5.41, 5.74) is 7.68. The molecule has 2 aliphatic rings. The van der Waals surface area contributed by atoms with Crippen molar-refractivity contribution in [1.82, 2.24) is 5.32 Å². The fourth-order valence-electron chi connectivity index (χ4n) is 4.02. The van der Waals surface area contributed by atoms with Crippen molar-refractivity contribution in [1.29, 1.82) is 0 Å². The monoisotopic (exact) mass is 314 g/mol. The van der Waals surface area contributed by atoms with E-state index >= 15 is 0 Å². The first-order valence-corrected chi connectivity index (χ1v) is 9.23. The molecule has 3 heteroatoms. The number of carbonyl (C=O) groups is 1. The van der Waals surface area contributed by atoms with Crippen LogP contribution in [0.3, 0.4) is 0 Å². The highest BCUT2D eigenvalue weighted by Crippen LogP contribution is 2.44. The van der Waals surface area contributed by atoms with Crippen LogP contribution >= 0.6 is 0 Å². The number of carbonyl (C=O) groups excluding carboxylic acids is 1. The summed E-state index contributed by atoms with van der Waals surface area (Å²) in [6.07, 6.45) is 10.3. The highest BCUT2D eigenvalue weighted by atomic mass is 16.1. The van der Waals surface area contributed by atoms with Crippen LogP contribution in [0.1, 0.15) is 56.9 Å². The number of hydrogen-bond donors (Lipinski definition) is 2. The summed E-state index contributed by atoms with van der Waals surface area (Å²) in [6, 6.07) is 10.8. The molecule has 126 valence electrons. The van der Waals surface area contributed by atoms with Crippen LogP contribution in [0.2, 0.25) is 0 Å². The third-order valence-electron chi connectivity index (χ3n) is 5.75. The summed E-state index contributed by atoms with van der Waals surface area (Å²) in [6.45, 7) is 0.651. The Balaban J connectivity index is 1.49. The lowest BCUT2D eigenvalue weighted by molar-refractivity contribution is -0.123. The van der Waals surface area contributed by atoms with E-state index in [0.717, 1.165) is 12.8 Å². The quantitative estimate of drug-likeness (QED) is 0.772. The van der Waals surface area contributed by atoms with Gasteiger partial charge in [0.25, 0.3) is 0 Å². The molecule has 23 heavy (non-hydrogen) atoms. The summed E-state index contributed by atoms with van der Waals surface area (Å²) in [5, 5.41) is 3.09. The highest BCUT2D eigenvalue weighted by Gasteiger charge is 2.36. The molecular weight excluding hydrogens is 284 g/mol. The fourth-order valence-corrected chi connectivity index (χ4v) is 4.02. The predicted molar refractivity (Wildman–Crippen MR) is 94.0 cm³/mol. The lowest BCUT2D eigenvalue weighted by Crippen LogP contribution is -2.40. The number of amides is 1. The van der Waals surface area contributed by atoms with E-state index in [4.69, 9.17) is 5.73 Å². The van der Waals surface area contributed by atoms with E-state index in [9.17, 15) is 4.79 Å². The molecule has 0 saturated heterocycles. The number of nitrogens with one attached hydrogen (secondary N) is 1. The molecule has 0 aromatic heterocycles. The number of nitrogens with two attached hydrogens (primary N) is 1. The lowest BCUT2D eigenvalue weighted by Gasteiger charge is -2.29. The number of rotatable bonds is 8. The Morgan fingerprint density at radius 1 is 1.22 bits per heavy atom. The zero-order valence-corrected chi connectivity index (χ0v) is 14.1. The number of hydrogen-bond acceptors (Lipinski definition) is 2. The van der Waals surface area contributed by atoms with Crippen molar-refractivity contribution in [2.75, 3.05) is 6.54 Å². The second-order valence-electron chi connectivity index (χ2n) is 7.67. The Morgan fingerprint density at radius 3 is 2.57 bits per heavy atom. The molecular formula is C20H30N2O. The lowest BCUT2D eigenvalue weighted by atomic mass is 9.77. The maximum atomic E-state index is 12.4. The average Bonchev–Trinajstić information content (AvgIpc) is 3.33. The van der Waals surface area contributed by atoms with Crippen molar-refractivity contribution in [3.63, 3.8) is 0 Å². The van der Waals surface area contributed by atoms with E-state index in [1.165, 1.54) is 44.1 Å². The second kappa shape index (κ2) is 7.48. The minimum Gasteiger partial charge on any atom is -0.355 e. The average molecular weight is 314 g/mol. The van der Waals surface area contributed by atoms with Crippen molar-refractivity contribution in [2.24, 2.45) is 17.1 Å². The van der Waals surface area contributed by atoms with Crippen LogP contribution < -0.4 is 11.1 Å². The summed E-state index contributed by atoms with van der Waals surface area (Å²) in [4.78, 5) is 12.4. The first kappa shape index (κ1) is 16.5. The van der Waals surface area contributed by atoms with E-state index < -0.39 is 0 Å². The molecule has 3 rings (SSSR count). The zero-order valence-electron chi connectivity index (χ0n) is 14.1. The molecule has 3 N–H and O–H groups in total. The van der Waals surface area contributed by atoms with Gasteiger partial charge in [0.05, 0.1) is 0 Å². The first-order valence-electron chi connectivity index (χ1n) is 9.23. The Kier molecular flexibility index (Phi) is 5.37. The molecule has 2 saturated carbocycles. The van der Waals surface area contributed by atoms with E-state index in [0.29, 0.717) is 18.9 Å². The molecule has 1 unspecified atom stereocenters. The molecule has 0 aliphatic heterocycles. The third-order valence-corrected chi connectivity index (χ3v) is 5.75. The van der Waals surface area contributed by atoms with Crippen LogP contribution in [0.4, 0.5) is 0 Å². The van der Waals surface area contributed by atoms with Gasteiger partial charge in [-0.15, -0.1) is 0 Å². The highest BCUT2D eigenvalue weighted by molar-refractivity contribution is 5.76. The molecule has 1 aromatic rings. The molecule has 0 heterocycles. The Bertz CT molecular complexity index is 504. The minimum atomic E-state index is 0.155. The van der Waals surface area contributed by atoms with Gasteiger partial charge in [0.1, 0.15) is 0 Å². The van der Waals surface area contributed by atoms with Gasteiger partial charge >= 0.3 is 0 Å². The largest absolute Gasteiger partial charge is 0.355 e. The predicted octanol–water partition coefficient (Wildman–Crippen LogP) is 3.42. The van der Waals surface area contributed by atoms with Gasteiger partial charge < -0.3 is 11.1 Å². The van der Waals surface area contributed by atoms with Gasteiger partial charge in [0.2, 0.25) is 5.91 Å². The van der Waals surface area contributed by atoms with Gasteiger partial charge in [-0.1, -0.05) is 43.2 Å². The summed E-state index contributed by atoms with van der Waals surface area (Å²) < 4.78 is 0. The first-order chi connectivity index (χ1) is 11.2. The molecule has 0 spiro atoms. The molecule has 1 atom stereocenters. The van der Waals surface area contributed by atoms with Gasteiger partial charge in [-0.05, 0) is 55.4 Å². The van der Waals surface area contributed by atoms with Crippen molar-refractivity contribution in [2.45, 2.75) is 63.8 Å². The van der Waals surface area contributed by atoms with Crippen molar-refractivity contribution in [3.05, 3.63) is 35.9 Å². The second-order valence-corrected chi connectivity index (χ2v) is 7.67. The maximum absolute atomic E-state index is 12.4. The summed E-state index contributed by atoms with van der Waals surface area (Å²) in [5.74, 6) is 0.852. The van der Waals surface area contributed by atoms with Crippen LogP contribution in [0, 0.1) is 11.3 Å². The summed E-state index contributed by atoms with van der Waals surface area (Å²) >= 11 is 0. The Labute approximate surface area is 140 Å². The molecule has 2 aliphatic carbocycles. The van der Waals surface area contributed by atoms with E-state index in [1.807, 2.05) is 0 Å². The molecule has 0 radical (unpaired) electrons. The molecule has 3 nitrogen and oxygen atoms in total. The third kappa shape index (κ3) is 4.81. The van der Waals surface area contributed by atoms with E-state index in [2.05, 4.69) is 35.6 Å². The van der Waals surface area contributed by atoms with Gasteiger partial charge in [-0.3, -0.25) is 4.79 Å². The van der Waals surface area contributed by atoms with Gasteiger partial charge in [0.15, 0.2) is 0 Å². The van der Waals surface area contributed by atoms with Crippen molar-refractivity contribution < 1.29 is 4.79 Å². The molecule has 1 aromatic carbocycles. The molecule has 2 fully saturated rings. The smallest absolute Gasteiger partial charge is 0.220 e. The van der Waals surface area contributed by atoms with Crippen molar-refractivity contribution in [3.8, 4) is 0 Å². The summed E-state index contributed by atoms with van der Waals surface area (Å²) in [7, 11) is 0. The normalized spacial score (nSPS) is 21.1. The van der Waals surface area contributed by atoms with Crippen LogP contribution in [0.25, 0.3) is 0 Å². The van der Waals surface area contributed by atoms with Crippen molar-refractivity contribution >= 4 is 5.91 Å². The Hall–Kier alpha value is -1.35. The van der Waals surface area contributed by atoms with Crippen LogP contribution in [0.15, 0.2) is 30.3 Å². The fraction of sp³-hybridized carbons (Fsp3) is 0.650. The SMILES string of the molecule is NC(CNC(=O)CC1(CCc2ccccc2)CCCC1)C1CC1. The standard InChI is InChI=1S/C20H30N2O/c21-18(17-8-9-17)15-22-19(23)14-20(11-4-5-12-20)13-10-16-6-2-1-3-7-16/h1-3,6-7,17-18H,4-5,8-15,21H2,(H,22,23). The number of benzene rings is 1. The molecule has 0 bridgehead atoms. The number of aryl methyl sites for hydroxylation is 1. The minimum absolute atomic E-state index is 0.155. The topological polar surface area (TPSA) is 55.1 Å². The van der Waals surface area contributed by atoms with Gasteiger partial charge in [-0.2, -0.15) is 0 Å². The van der Waals surface area contributed by atoms with Crippen LogP contribution in [0.5, 0.6) is 0 Å². The van der Waals surface area contributed by atoms with Gasteiger partial charge in [-0.25, -0.2) is 0 Å². The zero-order chi connectivity index (χ0) is 16.1. The molecule has 1 amide bonds. The van der Waals surface area contributed by atoms with Gasteiger partial charge in [0, 0.05) is 19.0 Å². The maximum Gasteiger partial charge on any atom is 0.220 e.